The van der Waals surface area contributed by atoms with Crippen LogP contribution in [0.25, 0.3) is 0 Å². The fourth-order valence-corrected chi connectivity index (χ4v) is 0. The first kappa shape index (κ1) is 29.5. The minimum Gasteiger partial charge on any atom is -0.822 e. The van der Waals surface area contributed by atoms with Gasteiger partial charge in [-0.3, -0.25) is 0 Å². The number of phosphoric acid groups is 1. The molecule has 0 unspecified atom stereocenters. The van der Waals surface area contributed by atoms with Gasteiger partial charge < -0.3 is 34.6 Å². The van der Waals surface area contributed by atoms with Crippen LogP contribution < -0.4 is 117 Å². The summed E-state index contributed by atoms with van der Waals surface area (Å²) >= 11 is 0. The molecule has 0 aromatic heterocycles. The zero-order valence-corrected chi connectivity index (χ0v) is 15.0. The van der Waals surface area contributed by atoms with Crippen LogP contribution in [0, 0.1) is 15.3 Å². The van der Waals surface area contributed by atoms with E-state index in [1.165, 1.54) is 0 Å². The van der Waals surface area contributed by atoms with E-state index < -0.39 is 12.9 Å². The van der Waals surface area contributed by atoms with Crippen molar-refractivity contribution in [3.8, 4) is 0 Å². The molecule has 0 amide bonds. The zero-order valence-electron chi connectivity index (χ0n) is 6.46. The first-order valence-electron chi connectivity index (χ1n) is 1.28. The van der Waals surface area contributed by atoms with Crippen molar-refractivity contribution >= 4 is 30.9 Å². The monoisotopic (exact) mass is 259 g/mol. The minimum absolute atomic E-state index is 0. The summed E-state index contributed by atoms with van der Waals surface area (Å²) < 4.78 is 8.55. The summed E-state index contributed by atoms with van der Waals surface area (Å²) in [6.07, 6.45) is 0. The quantitative estimate of drug-likeness (QED) is 0.181. The van der Waals surface area contributed by atoms with E-state index in [2.05, 4.69) is 0 Å². The van der Waals surface area contributed by atoms with E-state index >= 15 is 0 Å². The summed E-state index contributed by atoms with van der Waals surface area (Å²) in [5.74, 6) is 0. The van der Waals surface area contributed by atoms with Gasteiger partial charge in [0, 0.05) is 0 Å². The second-order valence-corrected chi connectivity index (χ2v) is 1.57. The Balaban J connectivity index is -0.0000000221. The first-order valence-corrected chi connectivity index (χ1v) is 2.74. The van der Waals surface area contributed by atoms with Crippen LogP contribution >= 0.6 is 7.82 Å². The van der Waals surface area contributed by atoms with Crippen LogP contribution in [0.15, 0.2) is 0 Å². The predicted molar refractivity (Wildman–Crippen MR) is 23.7 cm³/mol. The number of nitrogens with zero attached hydrogens (tertiary/aromatic N) is 1. The van der Waals surface area contributed by atoms with Gasteiger partial charge in [0.15, 0.2) is 0 Å². The third-order valence-electron chi connectivity index (χ3n) is 0. The van der Waals surface area contributed by atoms with E-state index in [-0.39, 0.29) is 126 Å². The Labute approximate surface area is 169 Å². The average molecular weight is 259 g/mol. The Morgan fingerprint density at radius 3 is 1.00 bits per heavy atom. The van der Waals surface area contributed by atoms with Crippen molar-refractivity contribution in [3.05, 3.63) is 15.3 Å². The van der Waals surface area contributed by atoms with E-state index in [1.54, 1.807) is 0 Å². The van der Waals surface area contributed by atoms with Crippen molar-refractivity contribution in [2.24, 2.45) is 0 Å². The van der Waals surface area contributed by atoms with Gasteiger partial charge in [-0.05, 0) is 0 Å². The molecule has 0 aliphatic rings. The molecule has 0 aromatic rings. The van der Waals surface area contributed by atoms with Gasteiger partial charge in [-0.25, -0.2) is 0 Å². The molecule has 12 heavy (non-hydrogen) atoms. The van der Waals surface area contributed by atoms with Gasteiger partial charge in [-0.15, -0.1) is 0 Å². The molecular formula is K2MgNO7P. The van der Waals surface area contributed by atoms with Crippen molar-refractivity contribution in [2.75, 3.05) is 0 Å². The second kappa shape index (κ2) is 16.8. The van der Waals surface area contributed by atoms with Gasteiger partial charge in [0.2, 0.25) is 0 Å². The maximum atomic E-state index is 8.55. The van der Waals surface area contributed by atoms with Crippen molar-refractivity contribution in [1.82, 2.24) is 0 Å². The fourth-order valence-electron chi connectivity index (χ4n) is 0. The van der Waals surface area contributed by atoms with Gasteiger partial charge in [-0.2, -0.15) is 7.82 Å². The molecule has 0 N–H and O–H groups in total. The molecule has 8 nitrogen and oxygen atoms in total. The van der Waals surface area contributed by atoms with E-state index in [0.717, 1.165) is 0 Å². The number of rotatable bonds is 0. The Hall–Kier alpha value is 3.35. The van der Waals surface area contributed by atoms with E-state index in [0.29, 0.717) is 0 Å². The number of hydrogen-bond donors (Lipinski definition) is 0. The summed E-state index contributed by atoms with van der Waals surface area (Å²) in [6.45, 7) is 0. The molecule has 0 aliphatic carbocycles. The first-order chi connectivity index (χ1) is 3.73. The molecule has 12 heteroatoms. The van der Waals surface area contributed by atoms with E-state index in [4.69, 9.17) is 34.6 Å². The molecule has 0 radical (unpaired) electrons. The topological polar surface area (TPSA) is 152 Å². The van der Waals surface area contributed by atoms with Crippen LogP contribution in [-0.4, -0.2) is 28.1 Å². The van der Waals surface area contributed by atoms with Crippen LogP contribution in [0.5, 0.6) is 0 Å². The molecule has 0 heterocycles. The van der Waals surface area contributed by atoms with E-state index in [1.807, 2.05) is 0 Å². The molecule has 0 bridgehead atoms. The molecule has 0 saturated heterocycles. The summed E-state index contributed by atoms with van der Waals surface area (Å²) in [6, 6.07) is 0. The Kier molecular flexibility index (Phi) is 41.2. The van der Waals surface area contributed by atoms with Gasteiger partial charge in [0.05, 0.1) is 5.09 Å². The third-order valence-corrected chi connectivity index (χ3v) is 0. The van der Waals surface area contributed by atoms with Crippen LogP contribution in [0.2, 0.25) is 0 Å². The standard InChI is InChI=1S/2K.Mg.NO3.H3O4P/c;;;2-1(3)4;1-5(2,3)4/h;;;;(H3,1,2,3,4)/q2*+1;+2;-1;/p-3. The summed E-state index contributed by atoms with van der Waals surface area (Å²) in [5.41, 5.74) is 0. The van der Waals surface area contributed by atoms with Crippen LogP contribution in [-0.2, 0) is 4.57 Å². The fraction of sp³-hybridized carbons (Fsp3) is 0. The summed E-state index contributed by atoms with van der Waals surface area (Å²) in [5, 5.41) is 14.8. The summed E-state index contributed by atoms with van der Waals surface area (Å²) in [4.78, 5) is 33.9. The van der Waals surface area contributed by atoms with Gasteiger partial charge in [0.25, 0.3) is 0 Å². The van der Waals surface area contributed by atoms with Crippen LogP contribution in [0.4, 0.5) is 0 Å². The second-order valence-electron chi connectivity index (χ2n) is 0.671. The minimum atomic E-state index is -5.39. The largest absolute Gasteiger partial charge is 2.00 e. The number of hydrogen-bond acceptors (Lipinski definition) is 7. The molecule has 56 valence electrons. The maximum Gasteiger partial charge on any atom is 2.00 e. The Bertz CT molecular complexity index is 121. The van der Waals surface area contributed by atoms with Crippen molar-refractivity contribution < 1.29 is 127 Å². The SMILES string of the molecule is O=P([O-])([O-])[O-].O=[N+]([O-])[O-].[K+].[K+].[Mg+2]. The molecule has 0 aromatic carbocycles. The molecule has 0 atom stereocenters. The predicted octanol–water partition coefficient (Wildman–Crippen LogP) is -9.44. The average Bonchev–Trinajstić information content (AvgIpc) is 1.19. The van der Waals surface area contributed by atoms with Crippen molar-refractivity contribution in [2.45, 2.75) is 0 Å². The zero-order chi connectivity index (χ0) is 8.08. The molecule has 0 fully saturated rings. The van der Waals surface area contributed by atoms with Crippen LogP contribution in [0.3, 0.4) is 0 Å². The van der Waals surface area contributed by atoms with Gasteiger partial charge in [0.1, 0.15) is 0 Å². The van der Waals surface area contributed by atoms with Crippen molar-refractivity contribution in [1.29, 1.82) is 0 Å². The van der Waals surface area contributed by atoms with Crippen molar-refractivity contribution in [3.63, 3.8) is 0 Å². The Morgan fingerprint density at radius 1 is 1.00 bits per heavy atom. The normalized spacial score (nSPS) is 6.92. The van der Waals surface area contributed by atoms with E-state index in [9.17, 15) is 0 Å². The smallest absolute Gasteiger partial charge is 0.822 e. The third kappa shape index (κ3) is 182. The Morgan fingerprint density at radius 2 is 1.00 bits per heavy atom. The molecule has 0 spiro atoms. The summed E-state index contributed by atoms with van der Waals surface area (Å²) in [7, 11) is -5.39. The molecule has 0 aliphatic heterocycles. The van der Waals surface area contributed by atoms with Gasteiger partial charge >= 0.3 is 126 Å². The van der Waals surface area contributed by atoms with Crippen LogP contribution in [0.1, 0.15) is 0 Å². The maximum absolute atomic E-state index is 8.55. The molecular weight excluding hydrogens is 259 g/mol. The molecule has 0 rings (SSSR count). The van der Waals surface area contributed by atoms with Gasteiger partial charge in [-0.1, -0.05) is 0 Å². The molecule has 0 saturated carbocycles.